The maximum absolute atomic E-state index is 12.7. The van der Waals surface area contributed by atoms with Crippen LogP contribution in [0.2, 0.25) is 0 Å². The van der Waals surface area contributed by atoms with Crippen LogP contribution in [-0.4, -0.2) is 41.7 Å². The summed E-state index contributed by atoms with van der Waals surface area (Å²) in [6.07, 6.45) is 0.481. The normalized spacial score (nSPS) is 15.1. The summed E-state index contributed by atoms with van der Waals surface area (Å²) in [6, 6.07) is 12.9. The second-order valence-electron chi connectivity index (χ2n) is 6.18. The number of nitrogens with one attached hydrogen (secondary N) is 1. The van der Waals surface area contributed by atoms with Gasteiger partial charge in [-0.25, -0.2) is 4.79 Å². The van der Waals surface area contributed by atoms with Crippen molar-refractivity contribution < 1.29 is 19.2 Å². The number of anilines is 1. The van der Waals surface area contributed by atoms with E-state index in [4.69, 9.17) is 9.47 Å². The molecule has 1 aliphatic rings. The number of amides is 2. The average molecular weight is 371 g/mol. The maximum atomic E-state index is 12.7. The summed E-state index contributed by atoms with van der Waals surface area (Å²) in [6.45, 7) is 3.20. The van der Waals surface area contributed by atoms with Crippen LogP contribution in [0.3, 0.4) is 0 Å². The number of ether oxygens (including phenoxy) is 2. The van der Waals surface area contributed by atoms with Gasteiger partial charge in [0, 0.05) is 24.4 Å². The van der Waals surface area contributed by atoms with Crippen molar-refractivity contribution in [2.45, 2.75) is 19.4 Å². The number of hydrogen-bond donors (Lipinski definition) is 1. The minimum atomic E-state index is -0.496. The fraction of sp³-hybridized carbons (Fsp3) is 0.316. The molecule has 1 unspecified atom stereocenters. The molecule has 0 aromatic heterocycles. The van der Waals surface area contributed by atoms with Crippen molar-refractivity contribution >= 4 is 17.4 Å². The van der Waals surface area contributed by atoms with Crippen molar-refractivity contribution in [1.29, 1.82) is 0 Å². The van der Waals surface area contributed by atoms with Gasteiger partial charge in [-0.15, -0.1) is 0 Å². The van der Waals surface area contributed by atoms with E-state index in [1.165, 1.54) is 18.2 Å². The Balaban J connectivity index is 1.65. The van der Waals surface area contributed by atoms with Crippen molar-refractivity contribution in [2.75, 3.05) is 25.0 Å². The molecule has 3 rings (SSSR count). The lowest BCUT2D eigenvalue weighted by atomic mass is 10.2. The van der Waals surface area contributed by atoms with Crippen molar-refractivity contribution in [3.63, 3.8) is 0 Å². The molecule has 0 saturated heterocycles. The van der Waals surface area contributed by atoms with Crippen LogP contribution in [0, 0.1) is 10.1 Å². The van der Waals surface area contributed by atoms with Gasteiger partial charge in [0.25, 0.3) is 5.69 Å². The highest BCUT2D eigenvalue weighted by atomic mass is 16.6. The van der Waals surface area contributed by atoms with Gasteiger partial charge in [0.15, 0.2) is 17.6 Å². The molecule has 1 aliphatic heterocycles. The monoisotopic (exact) mass is 371 g/mol. The summed E-state index contributed by atoms with van der Waals surface area (Å²) in [4.78, 5) is 24.7. The van der Waals surface area contributed by atoms with Gasteiger partial charge in [0.05, 0.1) is 11.5 Å². The Hall–Kier alpha value is -3.29. The number of nitro groups is 1. The predicted octanol–water partition coefficient (Wildman–Crippen LogP) is 3.68. The molecule has 2 aromatic rings. The Kier molecular flexibility index (Phi) is 5.75. The quantitative estimate of drug-likeness (QED) is 0.617. The van der Waals surface area contributed by atoms with Crippen LogP contribution in [0.5, 0.6) is 11.5 Å². The number of rotatable bonds is 6. The van der Waals surface area contributed by atoms with Crippen LogP contribution in [0.4, 0.5) is 16.2 Å². The number of urea groups is 1. The molecule has 8 heteroatoms. The Morgan fingerprint density at radius 3 is 2.78 bits per heavy atom. The van der Waals surface area contributed by atoms with E-state index in [-0.39, 0.29) is 17.8 Å². The van der Waals surface area contributed by atoms with Gasteiger partial charge >= 0.3 is 6.03 Å². The fourth-order valence-corrected chi connectivity index (χ4v) is 2.84. The minimum absolute atomic E-state index is 0.0736. The smallest absolute Gasteiger partial charge is 0.321 e. The number of hydrogen-bond acceptors (Lipinski definition) is 5. The summed E-state index contributed by atoms with van der Waals surface area (Å²) in [7, 11) is 0. The van der Waals surface area contributed by atoms with Gasteiger partial charge in [0.2, 0.25) is 0 Å². The Labute approximate surface area is 156 Å². The van der Waals surface area contributed by atoms with Crippen LogP contribution in [-0.2, 0) is 0 Å². The van der Waals surface area contributed by atoms with Gasteiger partial charge in [-0.1, -0.05) is 25.1 Å². The second kappa shape index (κ2) is 8.39. The van der Waals surface area contributed by atoms with Gasteiger partial charge in [-0.3, -0.25) is 10.1 Å². The third-order valence-corrected chi connectivity index (χ3v) is 4.08. The molecular weight excluding hydrogens is 350 g/mol. The third kappa shape index (κ3) is 4.66. The zero-order valence-electron chi connectivity index (χ0n) is 15.0. The first kappa shape index (κ1) is 18.5. The van der Waals surface area contributed by atoms with E-state index in [9.17, 15) is 14.9 Å². The van der Waals surface area contributed by atoms with Crippen LogP contribution in [0.15, 0.2) is 48.5 Å². The molecule has 1 N–H and O–H groups in total. The molecule has 2 amide bonds. The first-order valence-corrected chi connectivity index (χ1v) is 8.75. The molecule has 0 aliphatic carbocycles. The molecule has 0 radical (unpaired) electrons. The lowest BCUT2D eigenvalue weighted by Gasteiger charge is -2.31. The zero-order chi connectivity index (χ0) is 19.2. The van der Waals surface area contributed by atoms with E-state index in [1.54, 1.807) is 11.0 Å². The Morgan fingerprint density at radius 1 is 1.26 bits per heavy atom. The van der Waals surface area contributed by atoms with Crippen molar-refractivity contribution in [2.24, 2.45) is 0 Å². The molecule has 0 spiro atoms. The Bertz CT molecular complexity index is 826. The standard InChI is InChI=1S/C19H21N3O5/c1-2-10-21(12-16-13-26-17-8-3-4-9-18(17)27-16)19(23)20-14-6-5-7-15(11-14)22(24)25/h3-9,11,16H,2,10,12-13H2,1H3,(H,20,23). The highest BCUT2D eigenvalue weighted by molar-refractivity contribution is 5.89. The summed E-state index contributed by atoms with van der Waals surface area (Å²) in [5.74, 6) is 1.35. The molecular formula is C19H21N3O5. The number of nitro benzene ring substituents is 1. The zero-order valence-corrected chi connectivity index (χ0v) is 15.0. The number of non-ortho nitro benzene ring substituents is 1. The van der Waals surface area contributed by atoms with E-state index in [0.717, 1.165) is 6.42 Å². The van der Waals surface area contributed by atoms with Crippen LogP contribution in [0.25, 0.3) is 0 Å². The summed E-state index contributed by atoms with van der Waals surface area (Å²) in [5.41, 5.74) is 0.303. The Morgan fingerprint density at radius 2 is 2.04 bits per heavy atom. The second-order valence-corrected chi connectivity index (χ2v) is 6.18. The first-order chi connectivity index (χ1) is 13.1. The van der Waals surface area contributed by atoms with Crippen LogP contribution >= 0.6 is 0 Å². The molecule has 0 bridgehead atoms. The van der Waals surface area contributed by atoms with Crippen molar-refractivity contribution in [3.8, 4) is 11.5 Å². The molecule has 2 aromatic carbocycles. The van der Waals surface area contributed by atoms with Crippen LogP contribution in [0.1, 0.15) is 13.3 Å². The molecule has 8 nitrogen and oxygen atoms in total. The fourth-order valence-electron chi connectivity index (χ4n) is 2.84. The lowest BCUT2D eigenvalue weighted by molar-refractivity contribution is -0.384. The lowest BCUT2D eigenvalue weighted by Crippen LogP contribution is -2.45. The van der Waals surface area contributed by atoms with E-state index in [0.29, 0.717) is 36.9 Å². The van der Waals surface area contributed by atoms with E-state index in [2.05, 4.69) is 5.32 Å². The van der Waals surface area contributed by atoms with Gasteiger partial charge in [-0.05, 0) is 24.6 Å². The first-order valence-electron chi connectivity index (χ1n) is 8.75. The summed E-state index contributed by atoms with van der Waals surface area (Å²) in [5, 5.41) is 13.6. The molecule has 1 atom stereocenters. The van der Waals surface area contributed by atoms with E-state index < -0.39 is 4.92 Å². The van der Waals surface area contributed by atoms with E-state index in [1.807, 2.05) is 31.2 Å². The predicted molar refractivity (Wildman–Crippen MR) is 100 cm³/mol. The molecule has 0 fully saturated rings. The SMILES string of the molecule is CCCN(CC1COc2ccccc2O1)C(=O)Nc1cccc([N+](=O)[O-])c1. The molecule has 142 valence electrons. The number of fused-ring (bicyclic) bond motifs is 1. The van der Waals surface area contributed by atoms with Gasteiger partial charge in [-0.2, -0.15) is 0 Å². The van der Waals surface area contributed by atoms with Crippen LogP contribution < -0.4 is 14.8 Å². The number of carbonyl (C=O) groups is 1. The van der Waals surface area contributed by atoms with E-state index >= 15 is 0 Å². The number of para-hydroxylation sites is 2. The molecule has 0 saturated carbocycles. The number of nitrogens with zero attached hydrogens (tertiary/aromatic N) is 2. The topological polar surface area (TPSA) is 93.9 Å². The number of benzene rings is 2. The van der Waals surface area contributed by atoms with Crippen molar-refractivity contribution in [1.82, 2.24) is 4.90 Å². The highest BCUT2D eigenvalue weighted by Gasteiger charge is 2.25. The van der Waals surface area contributed by atoms with Gasteiger partial charge < -0.3 is 19.7 Å². The summed E-state index contributed by atoms with van der Waals surface area (Å²) >= 11 is 0. The molecule has 1 heterocycles. The largest absolute Gasteiger partial charge is 0.486 e. The average Bonchev–Trinajstić information content (AvgIpc) is 2.67. The summed E-state index contributed by atoms with van der Waals surface area (Å²) < 4.78 is 11.6. The molecule has 27 heavy (non-hydrogen) atoms. The third-order valence-electron chi connectivity index (χ3n) is 4.08. The maximum Gasteiger partial charge on any atom is 0.321 e. The minimum Gasteiger partial charge on any atom is -0.486 e. The van der Waals surface area contributed by atoms with Gasteiger partial charge in [0.1, 0.15) is 6.61 Å². The highest BCUT2D eigenvalue weighted by Crippen LogP contribution is 2.31. The van der Waals surface area contributed by atoms with Crippen molar-refractivity contribution in [3.05, 3.63) is 58.6 Å². The number of carbonyl (C=O) groups excluding carboxylic acids is 1.